The maximum Gasteiger partial charge on any atom is 0.332 e. The quantitative estimate of drug-likeness (QED) is 0.566. The van der Waals surface area contributed by atoms with Crippen LogP contribution in [0.5, 0.6) is 0 Å². The summed E-state index contributed by atoms with van der Waals surface area (Å²) in [5, 5.41) is 0. The molecule has 0 spiro atoms. The Morgan fingerprint density at radius 3 is 2.58 bits per heavy atom. The van der Waals surface area contributed by atoms with Gasteiger partial charge in [-0.1, -0.05) is 44.2 Å². The third-order valence-corrected chi connectivity index (χ3v) is 4.58. The fraction of sp³-hybridized carbons (Fsp3) is 0.316. The van der Waals surface area contributed by atoms with Gasteiger partial charge in [0.15, 0.2) is 16.9 Å². The average molecular weight is 352 g/mol. The van der Waals surface area contributed by atoms with Crippen molar-refractivity contribution < 1.29 is 4.42 Å². The van der Waals surface area contributed by atoms with Crippen LogP contribution in [-0.4, -0.2) is 18.5 Å². The van der Waals surface area contributed by atoms with E-state index in [1.54, 1.807) is 17.6 Å². The van der Waals surface area contributed by atoms with Crippen LogP contribution in [-0.2, 0) is 13.6 Å². The van der Waals surface area contributed by atoms with Crippen LogP contribution in [0.25, 0.3) is 28.3 Å². The zero-order chi connectivity index (χ0) is 18.4. The first-order chi connectivity index (χ1) is 12.5. The highest BCUT2D eigenvalue weighted by molar-refractivity contribution is 5.76. The smallest absolute Gasteiger partial charge is 0.332 e. The number of imidazole rings is 1. The molecule has 0 fully saturated rings. The van der Waals surface area contributed by atoms with E-state index in [4.69, 9.17) is 4.42 Å². The molecular weight excluding hydrogens is 332 g/mol. The first-order valence-electron chi connectivity index (χ1n) is 8.64. The highest BCUT2D eigenvalue weighted by atomic mass is 16.4. The molecule has 0 saturated heterocycles. The Balaban J connectivity index is 1.97. The van der Waals surface area contributed by atoms with Crippen molar-refractivity contribution in [1.82, 2.24) is 18.5 Å². The molecule has 26 heavy (non-hydrogen) atoms. The summed E-state index contributed by atoms with van der Waals surface area (Å²) in [6, 6.07) is 9.62. The number of hydrogen-bond acceptors (Lipinski definition) is 4. The molecule has 0 aliphatic heterocycles. The first-order valence-corrected chi connectivity index (χ1v) is 8.64. The van der Waals surface area contributed by atoms with E-state index >= 15 is 0 Å². The molecule has 0 radical (unpaired) electrons. The molecule has 0 aliphatic rings. The average Bonchev–Trinajstić information content (AvgIpc) is 3.18. The van der Waals surface area contributed by atoms with Gasteiger partial charge in [0, 0.05) is 19.2 Å². The van der Waals surface area contributed by atoms with Crippen LogP contribution in [0.3, 0.4) is 0 Å². The second-order valence-corrected chi connectivity index (χ2v) is 6.88. The molecule has 7 heteroatoms. The van der Waals surface area contributed by atoms with Gasteiger partial charge in [-0.3, -0.25) is 18.3 Å². The second-order valence-electron chi connectivity index (χ2n) is 6.88. The molecule has 1 aromatic carbocycles. The molecular formula is C19H20N4O3. The van der Waals surface area contributed by atoms with Gasteiger partial charge in [0.1, 0.15) is 0 Å². The van der Waals surface area contributed by atoms with Crippen molar-refractivity contribution in [2.24, 2.45) is 13.0 Å². The number of aromatic nitrogens is 4. The molecule has 0 N–H and O–H groups in total. The Morgan fingerprint density at radius 1 is 1.15 bits per heavy atom. The van der Waals surface area contributed by atoms with E-state index < -0.39 is 0 Å². The lowest BCUT2D eigenvalue weighted by atomic mass is 10.1. The lowest BCUT2D eigenvalue weighted by Crippen LogP contribution is -2.39. The van der Waals surface area contributed by atoms with E-state index in [1.165, 1.54) is 9.13 Å². The molecule has 4 rings (SSSR count). The topological polar surface area (TPSA) is 74.4 Å². The minimum absolute atomic E-state index is 0.299. The third kappa shape index (κ3) is 2.47. The predicted molar refractivity (Wildman–Crippen MR) is 99.4 cm³/mol. The van der Waals surface area contributed by atoms with Gasteiger partial charge >= 0.3 is 11.5 Å². The van der Waals surface area contributed by atoms with Gasteiger partial charge in [-0.05, 0) is 12.3 Å². The Hall–Kier alpha value is -3.09. The summed E-state index contributed by atoms with van der Waals surface area (Å²) in [5.74, 6) is 1.32. The summed E-state index contributed by atoms with van der Waals surface area (Å²) in [6.07, 6.45) is 2.50. The lowest BCUT2D eigenvalue weighted by molar-refractivity contribution is 0.488. The van der Waals surface area contributed by atoms with Crippen molar-refractivity contribution in [1.29, 1.82) is 0 Å². The van der Waals surface area contributed by atoms with Crippen molar-refractivity contribution in [3.63, 3.8) is 0 Å². The second kappa shape index (κ2) is 6.01. The number of nitrogens with zero attached hydrogens (tertiary/aromatic N) is 4. The van der Waals surface area contributed by atoms with Gasteiger partial charge in [-0.25, -0.2) is 4.79 Å². The van der Waals surface area contributed by atoms with Crippen molar-refractivity contribution >= 4 is 17.0 Å². The zero-order valence-corrected chi connectivity index (χ0v) is 15.0. The molecule has 134 valence electrons. The number of benzene rings is 1. The first kappa shape index (κ1) is 16.4. The molecule has 7 nitrogen and oxygen atoms in total. The molecule has 0 saturated carbocycles. The minimum Gasteiger partial charge on any atom is -0.423 e. The normalized spacial score (nSPS) is 11.8. The molecule has 3 heterocycles. The summed E-state index contributed by atoms with van der Waals surface area (Å²) in [4.78, 5) is 29.9. The van der Waals surface area contributed by atoms with Crippen LogP contribution in [0.15, 0.2) is 50.5 Å². The van der Waals surface area contributed by atoms with Crippen molar-refractivity contribution in [2.45, 2.75) is 26.8 Å². The Bertz CT molecular complexity index is 1210. The van der Waals surface area contributed by atoms with E-state index in [9.17, 15) is 9.59 Å². The number of hydrogen-bond donors (Lipinski definition) is 0. The van der Waals surface area contributed by atoms with Gasteiger partial charge in [-0.15, -0.1) is 0 Å². The van der Waals surface area contributed by atoms with Gasteiger partial charge in [0.25, 0.3) is 5.56 Å². The Labute approximate surface area is 149 Å². The SMILES string of the molecule is CC(C)CCn1c(=O)c2c(nc3oc(-c4ccccc4)cn32)n(C)c1=O. The Morgan fingerprint density at radius 2 is 1.88 bits per heavy atom. The van der Waals surface area contributed by atoms with Crippen LogP contribution < -0.4 is 11.2 Å². The monoisotopic (exact) mass is 352 g/mol. The molecule has 4 aromatic rings. The molecule has 0 bridgehead atoms. The van der Waals surface area contributed by atoms with E-state index in [0.717, 1.165) is 12.0 Å². The summed E-state index contributed by atoms with van der Waals surface area (Å²) in [6.45, 7) is 4.51. The number of oxazole rings is 1. The third-order valence-electron chi connectivity index (χ3n) is 4.58. The molecule has 0 aliphatic carbocycles. The van der Waals surface area contributed by atoms with Crippen molar-refractivity contribution in [3.8, 4) is 11.3 Å². The summed E-state index contributed by atoms with van der Waals surface area (Å²) in [7, 11) is 1.63. The number of fused-ring (bicyclic) bond motifs is 3. The van der Waals surface area contributed by atoms with Crippen LogP contribution in [0, 0.1) is 5.92 Å². The van der Waals surface area contributed by atoms with Gasteiger partial charge in [0.2, 0.25) is 0 Å². The molecule has 3 aromatic heterocycles. The fourth-order valence-corrected chi connectivity index (χ4v) is 3.07. The van der Waals surface area contributed by atoms with Crippen LogP contribution in [0.4, 0.5) is 0 Å². The lowest BCUT2D eigenvalue weighted by Gasteiger charge is -2.09. The largest absolute Gasteiger partial charge is 0.423 e. The standard InChI is InChI=1S/C19H20N4O3/c1-12(2)9-10-22-17(24)15-16(21(3)19(22)25)20-18-23(15)11-14(26-18)13-7-5-4-6-8-13/h4-8,11-12H,9-10H2,1-3H3. The molecule has 0 amide bonds. The van der Waals surface area contributed by atoms with E-state index in [-0.39, 0.29) is 11.2 Å². The Kier molecular flexibility index (Phi) is 3.79. The van der Waals surface area contributed by atoms with E-state index in [2.05, 4.69) is 18.8 Å². The fourth-order valence-electron chi connectivity index (χ4n) is 3.07. The van der Waals surface area contributed by atoms with Crippen LogP contribution in [0.2, 0.25) is 0 Å². The maximum absolute atomic E-state index is 13.0. The zero-order valence-electron chi connectivity index (χ0n) is 15.0. The van der Waals surface area contributed by atoms with Gasteiger partial charge in [0.05, 0.1) is 6.20 Å². The van der Waals surface area contributed by atoms with E-state index in [0.29, 0.717) is 35.2 Å². The molecule has 0 unspecified atom stereocenters. The van der Waals surface area contributed by atoms with Gasteiger partial charge in [-0.2, -0.15) is 4.98 Å². The van der Waals surface area contributed by atoms with Crippen LogP contribution in [0.1, 0.15) is 20.3 Å². The van der Waals surface area contributed by atoms with Crippen molar-refractivity contribution in [2.75, 3.05) is 0 Å². The predicted octanol–water partition coefficient (Wildman–Crippen LogP) is 2.65. The minimum atomic E-state index is -0.354. The number of aryl methyl sites for hydroxylation is 1. The van der Waals surface area contributed by atoms with Crippen LogP contribution >= 0.6 is 0 Å². The van der Waals surface area contributed by atoms with E-state index in [1.807, 2.05) is 30.3 Å². The highest BCUT2D eigenvalue weighted by Gasteiger charge is 2.20. The maximum atomic E-state index is 13.0. The molecule has 0 atom stereocenters. The highest BCUT2D eigenvalue weighted by Crippen LogP contribution is 2.24. The summed E-state index contributed by atoms with van der Waals surface area (Å²) < 4.78 is 10.1. The van der Waals surface area contributed by atoms with Gasteiger partial charge < -0.3 is 4.42 Å². The number of rotatable bonds is 4. The summed E-state index contributed by atoms with van der Waals surface area (Å²) in [5.41, 5.74) is 0.899. The van der Waals surface area contributed by atoms with Crippen molar-refractivity contribution in [3.05, 3.63) is 57.4 Å². The summed E-state index contributed by atoms with van der Waals surface area (Å²) >= 11 is 0.